The molecule has 0 aromatic heterocycles. The predicted octanol–water partition coefficient (Wildman–Crippen LogP) is 5.40. The standard InChI is InChI=1S/C30H30BrClFN3O4/c1-16-4-2-3-5-21(16)34-28(38)26(17-6-9-19(32)10-7-17)36-15-30-13-12-23(40-30)24(25(30)29(36)39)27(37)35-22-11-8-18(31)14-20(22)33/h6-14,16,21,23-26H,2-5,15H2,1H3,(H,34,38)(H,35,37)/t16-,21+,23+,24+,25+,26+,30-/m1/s1. The van der Waals surface area contributed by atoms with Crippen LogP contribution in [0, 0.1) is 23.6 Å². The van der Waals surface area contributed by atoms with Crippen molar-refractivity contribution in [1.29, 1.82) is 0 Å². The van der Waals surface area contributed by atoms with Crippen LogP contribution in [0.4, 0.5) is 10.1 Å². The molecule has 2 bridgehead atoms. The molecule has 7 atom stereocenters. The summed E-state index contributed by atoms with van der Waals surface area (Å²) in [6, 6.07) is 10.4. The molecule has 3 heterocycles. The highest BCUT2D eigenvalue weighted by molar-refractivity contribution is 9.10. The van der Waals surface area contributed by atoms with E-state index >= 15 is 0 Å². The van der Waals surface area contributed by atoms with Crippen molar-refractivity contribution in [3.63, 3.8) is 0 Å². The summed E-state index contributed by atoms with van der Waals surface area (Å²) in [6.07, 6.45) is 7.14. The van der Waals surface area contributed by atoms with E-state index in [0.29, 0.717) is 21.0 Å². The molecule has 10 heteroatoms. The zero-order chi connectivity index (χ0) is 28.2. The van der Waals surface area contributed by atoms with Gasteiger partial charge in [0.25, 0.3) is 0 Å². The molecule has 3 aliphatic heterocycles. The number of carbonyl (C=O) groups excluding carboxylic acids is 3. The van der Waals surface area contributed by atoms with Crippen LogP contribution in [-0.2, 0) is 19.1 Å². The molecule has 1 spiro atoms. The number of amides is 3. The summed E-state index contributed by atoms with van der Waals surface area (Å²) < 4.78 is 21.3. The smallest absolute Gasteiger partial charge is 0.247 e. The highest BCUT2D eigenvalue weighted by Gasteiger charge is 2.68. The summed E-state index contributed by atoms with van der Waals surface area (Å²) >= 11 is 9.36. The third-order valence-electron chi connectivity index (χ3n) is 8.81. The van der Waals surface area contributed by atoms with Crippen LogP contribution in [0.15, 0.2) is 59.1 Å². The Morgan fingerprint density at radius 1 is 1.18 bits per heavy atom. The van der Waals surface area contributed by atoms with Gasteiger partial charge in [0.1, 0.15) is 17.5 Å². The van der Waals surface area contributed by atoms with Gasteiger partial charge in [-0.1, -0.05) is 71.6 Å². The Morgan fingerprint density at radius 2 is 1.93 bits per heavy atom. The summed E-state index contributed by atoms with van der Waals surface area (Å²) in [6.45, 7) is 2.27. The fourth-order valence-electron chi connectivity index (χ4n) is 6.76. The van der Waals surface area contributed by atoms with Gasteiger partial charge in [-0.15, -0.1) is 0 Å². The lowest BCUT2D eigenvalue weighted by molar-refractivity contribution is -0.142. The van der Waals surface area contributed by atoms with Crippen molar-refractivity contribution in [2.45, 2.75) is 56.4 Å². The number of hydrogen-bond donors (Lipinski definition) is 2. The Balaban J connectivity index is 1.29. The molecule has 4 aliphatic rings. The first kappa shape index (κ1) is 27.4. The van der Waals surface area contributed by atoms with Crippen molar-refractivity contribution in [2.24, 2.45) is 17.8 Å². The number of ether oxygens (including phenoxy) is 1. The second kappa shape index (κ2) is 10.6. The van der Waals surface area contributed by atoms with Gasteiger partial charge in [0.05, 0.1) is 30.2 Å². The summed E-state index contributed by atoms with van der Waals surface area (Å²) in [5.41, 5.74) is -0.381. The van der Waals surface area contributed by atoms with E-state index in [4.69, 9.17) is 16.3 Å². The van der Waals surface area contributed by atoms with Crippen molar-refractivity contribution in [3.05, 3.63) is 75.5 Å². The van der Waals surface area contributed by atoms with Crippen molar-refractivity contribution in [1.82, 2.24) is 10.2 Å². The molecule has 1 aliphatic carbocycles. The monoisotopic (exact) mass is 629 g/mol. The predicted molar refractivity (Wildman–Crippen MR) is 152 cm³/mol. The molecule has 2 saturated heterocycles. The Kier molecular flexibility index (Phi) is 7.25. The molecule has 0 unspecified atom stereocenters. The zero-order valence-electron chi connectivity index (χ0n) is 21.9. The van der Waals surface area contributed by atoms with Crippen molar-refractivity contribution >= 4 is 50.9 Å². The van der Waals surface area contributed by atoms with Crippen molar-refractivity contribution < 1.29 is 23.5 Å². The topological polar surface area (TPSA) is 87.7 Å². The van der Waals surface area contributed by atoms with E-state index < -0.39 is 41.3 Å². The van der Waals surface area contributed by atoms with E-state index in [0.717, 1.165) is 25.7 Å². The van der Waals surface area contributed by atoms with Gasteiger partial charge in [0, 0.05) is 15.5 Å². The molecule has 1 saturated carbocycles. The summed E-state index contributed by atoms with van der Waals surface area (Å²) in [7, 11) is 0. The van der Waals surface area contributed by atoms with E-state index in [1.807, 2.05) is 6.08 Å². The Hall–Kier alpha value is -2.75. The molecule has 2 N–H and O–H groups in total. The molecule has 3 fully saturated rings. The number of carbonyl (C=O) groups is 3. The molecule has 0 radical (unpaired) electrons. The van der Waals surface area contributed by atoms with E-state index in [1.54, 1.807) is 36.4 Å². The highest BCUT2D eigenvalue weighted by Crippen LogP contribution is 2.53. The number of halogens is 3. The lowest BCUT2D eigenvalue weighted by atomic mass is 9.76. The zero-order valence-corrected chi connectivity index (χ0v) is 24.3. The SMILES string of the molecule is C[C@@H]1CCCC[C@@H]1NC(=O)[C@H](c1ccc(Cl)cc1)N1C[C@@]23C=C[C@H](O2)[C@H](C(=O)Nc2ccc(Br)cc2F)[C@H]3C1=O. The fraction of sp³-hybridized carbons (Fsp3) is 0.433. The number of nitrogens with zero attached hydrogens (tertiary/aromatic N) is 1. The molecule has 3 amide bonds. The molecular formula is C30H30BrClFN3O4. The van der Waals surface area contributed by atoms with Crippen molar-refractivity contribution in [2.75, 3.05) is 11.9 Å². The van der Waals surface area contributed by atoms with Gasteiger partial charge in [0.15, 0.2) is 0 Å². The van der Waals surface area contributed by atoms with Crippen molar-refractivity contribution in [3.8, 4) is 0 Å². The number of nitrogens with one attached hydrogen (secondary N) is 2. The maximum Gasteiger partial charge on any atom is 0.247 e. The summed E-state index contributed by atoms with van der Waals surface area (Å²) in [4.78, 5) is 43.0. The second-order valence-corrected chi connectivity index (χ2v) is 12.7. The Morgan fingerprint density at radius 3 is 2.65 bits per heavy atom. The molecule has 2 aromatic carbocycles. The Bertz CT molecular complexity index is 1390. The van der Waals surface area contributed by atoms with Gasteiger partial charge in [0.2, 0.25) is 17.7 Å². The lowest BCUT2D eigenvalue weighted by Crippen LogP contribution is -2.49. The van der Waals surface area contributed by atoms with E-state index in [2.05, 4.69) is 33.5 Å². The maximum atomic E-state index is 14.5. The van der Waals surface area contributed by atoms with Crippen LogP contribution < -0.4 is 10.6 Å². The van der Waals surface area contributed by atoms with Crippen LogP contribution in [-0.4, -0.2) is 46.9 Å². The first-order chi connectivity index (χ1) is 19.2. The maximum absolute atomic E-state index is 14.5. The van der Waals surface area contributed by atoms with Crippen LogP contribution in [0.3, 0.4) is 0 Å². The average Bonchev–Trinajstić information content (AvgIpc) is 3.57. The Labute approximate surface area is 245 Å². The quantitative estimate of drug-likeness (QED) is 0.419. The van der Waals surface area contributed by atoms with Crippen LogP contribution in [0.5, 0.6) is 0 Å². The van der Waals surface area contributed by atoms with Gasteiger partial charge in [-0.2, -0.15) is 0 Å². The molecule has 40 heavy (non-hydrogen) atoms. The number of rotatable bonds is 6. The number of benzene rings is 2. The number of hydrogen-bond acceptors (Lipinski definition) is 4. The van der Waals surface area contributed by atoms with Crippen LogP contribution in [0.1, 0.15) is 44.2 Å². The number of likely N-dealkylation sites (tertiary alicyclic amines) is 1. The number of anilines is 1. The largest absolute Gasteiger partial charge is 0.360 e. The van der Waals surface area contributed by atoms with Crippen LogP contribution >= 0.6 is 27.5 Å². The lowest BCUT2D eigenvalue weighted by Gasteiger charge is -2.34. The fourth-order valence-corrected chi connectivity index (χ4v) is 7.22. The van der Waals surface area contributed by atoms with E-state index in [9.17, 15) is 18.8 Å². The highest BCUT2D eigenvalue weighted by atomic mass is 79.9. The number of fused-ring (bicyclic) bond motifs is 1. The van der Waals surface area contributed by atoms with Crippen LogP contribution in [0.2, 0.25) is 5.02 Å². The van der Waals surface area contributed by atoms with E-state index in [-0.39, 0.29) is 30.1 Å². The van der Waals surface area contributed by atoms with Gasteiger partial charge in [-0.3, -0.25) is 14.4 Å². The van der Waals surface area contributed by atoms with Gasteiger partial charge in [-0.25, -0.2) is 4.39 Å². The van der Waals surface area contributed by atoms with Gasteiger partial charge < -0.3 is 20.3 Å². The molecule has 210 valence electrons. The normalized spacial score (nSPS) is 31.2. The summed E-state index contributed by atoms with van der Waals surface area (Å²) in [5.74, 6) is -3.05. The molecule has 7 nitrogen and oxygen atoms in total. The van der Waals surface area contributed by atoms with Crippen LogP contribution in [0.25, 0.3) is 0 Å². The van der Waals surface area contributed by atoms with E-state index in [1.165, 1.54) is 17.0 Å². The summed E-state index contributed by atoms with van der Waals surface area (Å²) in [5, 5.41) is 6.38. The third kappa shape index (κ3) is 4.76. The second-order valence-electron chi connectivity index (χ2n) is 11.3. The first-order valence-electron chi connectivity index (χ1n) is 13.7. The van der Waals surface area contributed by atoms with Gasteiger partial charge >= 0.3 is 0 Å². The molecule has 2 aromatic rings. The third-order valence-corrected chi connectivity index (χ3v) is 9.55. The van der Waals surface area contributed by atoms with Gasteiger partial charge in [-0.05, 0) is 54.7 Å². The molecular weight excluding hydrogens is 601 g/mol. The minimum atomic E-state index is -1.04. The molecule has 6 rings (SSSR count). The minimum Gasteiger partial charge on any atom is -0.360 e. The minimum absolute atomic E-state index is 0.0244. The average molecular weight is 631 g/mol. The first-order valence-corrected chi connectivity index (χ1v) is 14.8.